The van der Waals surface area contributed by atoms with Crippen molar-refractivity contribution in [2.75, 3.05) is 20.2 Å². The SMILES string of the molecule is COC(=O)CCN(CC(=O)N1N=C(c2cccs2)CC1c1ccco1)Cc1ccccc1. The van der Waals surface area contributed by atoms with Gasteiger partial charge in [-0.15, -0.1) is 11.3 Å². The third-order valence-corrected chi connectivity index (χ3v) is 6.23. The van der Waals surface area contributed by atoms with Gasteiger partial charge in [-0.1, -0.05) is 36.4 Å². The number of thiophene rings is 1. The minimum Gasteiger partial charge on any atom is -0.469 e. The van der Waals surface area contributed by atoms with Gasteiger partial charge in [0.05, 0.1) is 36.9 Å². The Labute approximate surface area is 190 Å². The fourth-order valence-electron chi connectivity index (χ4n) is 3.71. The molecule has 1 unspecified atom stereocenters. The number of amides is 1. The fraction of sp³-hybridized carbons (Fsp3) is 0.292. The minimum absolute atomic E-state index is 0.129. The van der Waals surface area contributed by atoms with Gasteiger partial charge in [-0.3, -0.25) is 14.5 Å². The van der Waals surface area contributed by atoms with Crippen molar-refractivity contribution >= 4 is 28.9 Å². The Morgan fingerprint density at radius 3 is 2.72 bits per heavy atom. The average Bonchev–Trinajstić information content (AvgIpc) is 3.58. The number of hydrazone groups is 1. The van der Waals surface area contributed by atoms with Crippen molar-refractivity contribution in [1.29, 1.82) is 0 Å². The van der Waals surface area contributed by atoms with Crippen molar-refractivity contribution < 1.29 is 18.7 Å². The van der Waals surface area contributed by atoms with E-state index in [9.17, 15) is 9.59 Å². The van der Waals surface area contributed by atoms with Gasteiger partial charge >= 0.3 is 5.97 Å². The molecule has 0 N–H and O–H groups in total. The number of esters is 1. The molecule has 1 aliphatic heterocycles. The molecule has 1 aliphatic rings. The van der Waals surface area contributed by atoms with Crippen LogP contribution in [0.2, 0.25) is 0 Å². The van der Waals surface area contributed by atoms with Crippen LogP contribution in [0.4, 0.5) is 0 Å². The number of carbonyl (C=O) groups is 2. The Hall–Kier alpha value is -3.23. The van der Waals surface area contributed by atoms with Crippen LogP contribution in [-0.4, -0.2) is 47.7 Å². The molecule has 0 aliphatic carbocycles. The highest BCUT2D eigenvalue weighted by atomic mass is 32.1. The molecule has 4 rings (SSSR count). The number of nitrogens with zero attached hydrogens (tertiary/aromatic N) is 3. The number of furan rings is 1. The van der Waals surface area contributed by atoms with Gasteiger partial charge in [0.2, 0.25) is 0 Å². The van der Waals surface area contributed by atoms with E-state index in [1.807, 2.05) is 64.9 Å². The third kappa shape index (κ3) is 5.33. The highest BCUT2D eigenvalue weighted by Crippen LogP contribution is 2.34. The number of carbonyl (C=O) groups excluding carboxylic acids is 2. The molecule has 32 heavy (non-hydrogen) atoms. The molecule has 7 nitrogen and oxygen atoms in total. The first-order valence-corrected chi connectivity index (χ1v) is 11.3. The molecule has 0 radical (unpaired) electrons. The summed E-state index contributed by atoms with van der Waals surface area (Å²) in [5.41, 5.74) is 1.94. The van der Waals surface area contributed by atoms with Crippen LogP contribution in [0.25, 0.3) is 0 Å². The normalized spacial score (nSPS) is 15.8. The molecule has 1 amide bonds. The Morgan fingerprint density at radius 1 is 1.19 bits per heavy atom. The van der Waals surface area contributed by atoms with E-state index in [-0.39, 0.29) is 30.9 Å². The monoisotopic (exact) mass is 451 g/mol. The van der Waals surface area contributed by atoms with Crippen molar-refractivity contribution in [2.45, 2.75) is 25.4 Å². The van der Waals surface area contributed by atoms with E-state index < -0.39 is 0 Å². The summed E-state index contributed by atoms with van der Waals surface area (Å²) in [5.74, 6) is 0.264. The quantitative estimate of drug-likeness (QED) is 0.458. The standard InChI is InChI=1S/C24H25N3O4S/c1-30-24(29)11-12-26(16-18-7-3-2-4-8-18)17-23(28)27-20(21-9-5-13-31-21)15-19(25-27)22-10-6-14-32-22/h2-10,13-14,20H,11-12,15-17H2,1H3. The summed E-state index contributed by atoms with van der Waals surface area (Å²) < 4.78 is 10.4. The smallest absolute Gasteiger partial charge is 0.306 e. The highest BCUT2D eigenvalue weighted by molar-refractivity contribution is 7.12. The molecule has 8 heteroatoms. The first kappa shape index (κ1) is 22.0. The molecule has 0 spiro atoms. The highest BCUT2D eigenvalue weighted by Gasteiger charge is 2.35. The lowest BCUT2D eigenvalue weighted by molar-refractivity contribution is -0.142. The fourth-order valence-corrected chi connectivity index (χ4v) is 4.43. The summed E-state index contributed by atoms with van der Waals surface area (Å²) in [7, 11) is 1.37. The number of hydrogen-bond donors (Lipinski definition) is 0. The van der Waals surface area contributed by atoms with Crippen molar-refractivity contribution in [1.82, 2.24) is 9.91 Å². The van der Waals surface area contributed by atoms with Gasteiger partial charge in [0.25, 0.3) is 5.91 Å². The first-order chi connectivity index (χ1) is 15.6. The van der Waals surface area contributed by atoms with Crippen LogP contribution >= 0.6 is 11.3 Å². The van der Waals surface area contributed by atoms with Gasteiger partial charge in [-0.25, -0.2) is 5.01 Å². The lowest BCUT2D eigenvalue weighted by Gasteiger charge is -2.25. The van der Waals surface area contributed by atoms with Crippen LogP contribution in [0.15, 0.2) is 75.8 Å². The maximum Gasteiger partial charge on any atom is 0.306 e. The molecule has 0 saturated heterocycles. The van der Waals surface area contributed by atoms with Crippen molar-refractivity contribution in [2.24, 2.45) is 5.10 Å². The zero-order chi connectivity index (χ0) is 22.3. The van der Waals surface area contributed by atoms with E-state index in [0.29, 0.717) is 25.3 Å². The van der Waals surface area contributed by atoms with E-state index in [2.05, 4.69) is 5.10 Å². The second-order valence-electron chi connectivity index (χ2n) is 7.52. The third-order valence-electron chi connectivity index (χ3n) is 5.31. The Morgan fingerprint density at radius 2 is 2.03 bits per heavy atom. The first-order valence-electron chi connectivity index (χ1n) is 10.4. The number of methoxy groups -OCH3 is 1. The van der Waals surface area contributed by atoms with Gasteiger partial charge in [0, 0.05) is 19.5 Å². The van der Waals surface area contributed by atoms with E-state index in [4.69, 9.17) is 9.15 Å². The summed E-state index contributed by atoms with van der Waals surface area (Å²) in [5, 5.41) is 8.20. The molecule has 3 aromatic rings. The Balaban J connectivity index is 1.53. The molecule has 2 aromatic heterocycles. The largest absolute Gasteiger partial charge is 0.469 e. The lowest BCUT2D eigenvalue weighted by Crippen LogP contribution is -2.38. The summed E-state index contributed by atoms with van der Waals surface area (Å²) in [4.78, 5) is 28.1. The summed E-state index contributed by atoms with van der Waals surface area (Å²) in [6.45, 7) is 1.09. The molecule has 0 fully saturated rings. The molecular weight excluding hydrogens is 426 g/mol. The molecular formula is C24H25N3O4S. The predicted octanol–water partition coefficient (Wildman–Crippen LogP) is 4.08. The zero-order valence-electron chi connectivity index (χ0n) is 17.8. The van der Waals surface area contributed by atoms with Gasteiger partial charge < -0.3 is 9.15 Å². The molecule has 0 saturated carbocycles. The van der Waals surface area contributed by atoms with E-state index in [1.165, 1.54) is 12.1 Å². The van der Waals surface area contributed by atoms with Crippen LogP contribution in [0.3, 0.4) is 0 Å². The maximum absolute atomic E-state index is 13.4. The van der Waals surface area contributed by atoms with Crippen LogP contribution in [0.1, 0.15) is 35.1 Å². The molecule has 1 aromatic carbocycles. The van der Waals surface area contributed by atoms with Crippen LogP contribution in [-0.2, 0) is 20.9 Å². The summed E-state index contributed by atoms with van der Waals surface area (Å²) in [6, 6.07) is 17.3. The Bertz CT molecular complexity index is 1050. The van der Waals surface area contributed by atoms with Gasteiger partial charge in [-0.05, 0) is 29.1 Å². The van der Waals surface area contributed by atoms with E-state index >= 15 is 0 Å². The second kappa shape index (κ2) is 10.4. The topological polar surface area (TPSA) is 75.3 Å². The molecule has 166 valence electrons. The number of benzene rings is 1. The predicted molar refractivity (Wildman–Crippen MR) is 122 cm³/mol. The van der Waals surface area contributed by atoms with Crippen molar-refractivity contribution in [3.63, 3.8) is 0 Å². The zero-order valence-corrected chi connectivity index (χ0v) is 18.7. The van der Waals surface area contributed by atoms with E-state index in [0.717, 1.165) is 16.2 Å². The number of rotatable bonds is 9. The van der Waals surface area contributed by atoms with Crippen LogP contribution < -0.4 is 0 Å². The number of hydrogen-bond acceptors (Lipinski definition) is 7. The summed E-state index contributed by atoms with van der Waals surface area (Å²) in [6.07, 6.45) is 2.42. The lowest BCUT2D eigenvalue weighted by atomic mass is 10.1. The van der Waals surface area contributed by atoms with Gasteiger partial charge in [0.15, 0.2) is 0 Å². The Kier molecular flexibility index (Phi) is 7.14. The van der Waals surface area contributed by atoms with Crippen molar-refractivity contribution in [3.8, 4) is 0 Å². The van der Waals surface area contributed by atoms with Crippen molar-refractivity contribution in [3.05, 3.63) is 82.4 Å². The van der Waals surface area contributed by atoms with Crippen LogP contribution in [0, 0.1) is 0 Å². The van der Waals surface area contributed by atoms with Gasteiger partial charge in [0.1, 0.15) is 11.8 Å². The molecule has 0 bridgehead atoms. The van der Waals surface area contributed by atoms with E-state index in [1.54, 1.807) is 17.6 Å². The molecule has 3 heterocycles. The molecule has 1 atom stereocenters. The summed E-state index contributed by atoms with van der Waals surface area (Å²) >= 11 is 1.60. The number of ether oxygens (including phenoxy) is 1. The minimum atomic E-state index is -0.303. The van der Waals surface area contributed by atoms with Gasteiger partial charge in [-0.2, -0.15) is 5.10 Å². The average molecular weight is 452 g/mol. The second-order valence-corrected chi connectivity index (χ2v) is 8.47. The van der Waals surface area contributed by atoms with Crippen LogP contribution in [0.5, 0.6) is 0 Å². The maximum atomic E-state index is 13.4.